The van der Waals surface area contributed by atoms with Crippen LogP contribution in [0.5, 0.6) is 0 Å². The molecule has 1 unspecified atom stereocenters. The molecule has 0 bridgehead atoms. The molecule has 10 nitrogen and oxygen atoms in total. The quantitative estimate of drug-likeness (QED) is 0.228. The summed E-state index contributed by atoms with van der Waals surface area (Å²) in [5.41, 5.74) is 4.82. The lowest BCUT2D eigenvalue weighted by atomic mass is 9.95. The van der Waals surface area contributed by atoms with Gasteiger partial charge in [-0.3, -0.25) is 19.1 Å². The van der Waals surface area contributed by atoms with Crippen LogP contribution in [0.25, 0.3) is 38.9 Å². The molecule has 2 N–H and O–H groups in total. The van der Waals surface area contributed by atoms with Crippen LogP contribution in [0.2, 0.25) is 5.15 Å². The maximum absolute atomic E-state index is 13.9. The Balaban J connectivity index is 1.50. The molecule has 216 valence electrons. The largest absolute Gasteiger partial charge is 0.377 e. The Morgan fingerprint density at radius 1 is 1.05 bits per heavy atom. The average molecular weight is 593 g/mol. The van der Waals surface area contributed by atoms with Crippen LogP contribution in [0.1, 0.15) is 41.5 Å². The second-order valence-corrected chi connectivity index (χ2v) is 10.6. The van der Waals surface area contributed by atoms with Gasteiger partial charge in [0.2, 0.25) is 0 Å². The zero-order valence-electron chi connectivity index (χ0n) is 24.1. The van der Waals surface area contributed by atoms with E-state index < -0.39 is 0 Å². The van der Waals surface area contributed by atoms with Crippen LogP contribution in [0.15, 0.2) is 78.0 Å². The first-order valence-corrected chi connectivity index (χ1v) is 14.3. The summed E-state index contributed by atoms with van der Waals surface area (Å²) in [5, 5.41) is 13.5. The number of rotatable bonds is 7. The molecule has 0 spiro atoms. The molecule has 0 saturated carbocycles. The molecular formula is C32H29ClN8O2. The first-order chi connectivity index (χ1) is 20.8. The van der Waals surface area contributed by atoms with Gasteiger partial charge in [-0.2, -0.15) is 9.78 Å². The predicted molar refractivity (Wildman–Crippen MR) is 169 cm³/mol. The van der Waals surface area contributed by atoms with E-state index >= 15 is 0 Å². The Kier molecular flexibility index (Phi) is 7.37. The number of benzene rings is 1. The van der Waals surface area contributed by atoms with E-state index in [1.54, 1.807) is 53.1 Å². The standard InChI is InChI=1S/C32H29ClN8O2/c1-5-40-31-23(17-37-41(31)27-8-6-7-13-35-27)28-21(14-18(2)15-22(28)32(40)43)19(3)38-24-11-12-26(33)39-29(24)20-9-10-25(36-16-20)30(42)34-4/h6-17,19,38H,5H2,1-4H3,(H,34,42). The molecule has 1 aromatic carbocycles. The highest BCUT2D eigenvalue weighted by Crippen LogP contribution is 2.35. The molecule has 1 amide bonds. The van der Waals surface area contributed by atoms with Gasteiger partial charge >= 0.3 is 0 Å². The van der Waals surface area contributed by atoms with Gasteiger partial charge in [-0.15, -0.1) is 0 Å². The van der Waals surface area contributed by atoms with Crippen molar-refractivity contribution < 1.29 is 4.79 Å². The summed E-state index contributed by atoms with van der Waals surface area (Å²) in [6.07, 6.45) is 5.11. The number of anilines is 1. The molecule has 5 aromatic heterocycles. The molecule has 43 heavy (non-hydrogen) atoms. The fourth-order valence-corrected chi connectivity index (χ4v) is 5.61. The lowest BCUT2D eigenvalue weighted by Crippen LogP contribution is -2.23. The van der Waals surface area contributed by atoms with Gasteiger partial charge in [-0.05, 0) is 74.4 Å². The second kappa shape index (κ2) is 11.3. The summed E-state index contributed by atoms with van der Waals surface area (Å²) in [7, 11) is 1.56. The highest BCUT2D eigenvalue weighted by molar-refractivity contribution is 6.29. The molecule has 0 saturated heterocycles. The SMILES string of the molecule is CCn1c(=O)c2cc(C)cc(C(C)Nc3ccc(Cl)nc3-c3ccc(C(=O)NC)nc3)c2c2cnn(-c3ccccn3)c21. The molecule has 6 rings (SSSR count). The molecule has 1 atom stereocenters. The Hall–Kier alpha value is -5.09. The Bertz CT molecular complexity index is 2050. The van der Waals surface area contributed by atoms with Gasteiger partial charge < -0.3 is 10.6 Å². The van der Waals surface area contributed by atoms with Crippen molar-refractivity contribution in [1.29, 1.82) is 0 Å². The van der Waals surface area contributed by atoms with Crippen molar-refractivity contribution in [3.63, 3.8) is 0 Å². The van der Waals surface area contributed by atoms with Crippen molar-refractivity contribution >= 4 is 45.0 Å². The van der Waals surface area contributed by atoms with Crippen molar-refractivity contribution in [2.75, 3.05) is 12.4 Å². The molecular weight excluding hydrogens is 564 g/mol. The van der Waals surface area contributed by atoms with Crippen molar-refractivity contribution in [2.24, 2.45) is 0 Å². The Morgan fingerprint density at radius 3 is 2.58 bits per heavy atom. The lowest BCUT2D eigenvalue weighted by molar-refractivity contribution is 0.0958. The number of nitrogens with one attached hydrogen (secondary N) is 2. The Labute approximate surface area is 252 Å². The van der Waals surface area contributed by atoms with Gasteiger partial charge in [0.1, 0.15) is 16.5 Å². The van der Waals surface area contributed by atoms with Gasteiger partial charge in [0.15, 0.2) is 5.82 Å². The van der Waals surface area contributed by atoms with Gasteiger partial charge in [-0.1, -0.05) is 23.7 Å². The molecule has 0 fully saturated rings. The van der Waals surface area contributed by atoms with Gasteiger partial charge in [0.25, 0.3) is 11.5 Å². The van der Waals surface area contributed by atoms with E-state index in [0.29, 0.717) is 45.5 Å². The van der Waals surface area contributed by atoms with Gasteiger partial charge in [-0.25, -0.2) is 9.97 Å². The van der Waals surface area contributed by atoms with E-state index in [0.717, 1.165) is 27.6 Å². The zero-order valence-corrected chi connectivity index (χ0v) is 24.8. The predicted octanol–water partition coefficient (Wildman–Crippen LogP) is 5.71. The number of fused-ring (bicyclic) bond motifs is 3. The van der Waals surface area contributed by atoms with Crippen LogP contribution in [0, 0.1) is 6.92 Å². The summed E-state index contributed by atoms with van der Waals surface area (Å²) < 4.78 is 3.47. The van der Waals surface area contributed by atoms with E-state index in [4.69, 9.17) is 11.6 Å². The number of hydrogen-bond donors (Lipinski definition) is 2. The van der Waals surface area contributed by atoms with Crippen LogP contribution in [0.3, 0.4) is 0 Å². The monoisotopic (exact) mass is 592 g/mol. The van der Waals surface area contributed by atoms with E-state index in [9.17, 15) is 9.59 Å². The van der Waals surface area contributed by atoms with Crippen LogP contribution in [-0.4, -0.2) is 42.3 Å². The number of carbonyl (C=O) groups excluding carboxylic acids is 1. The number of aromatic nitrogens is 6. The maximum atomic E-state index is 13.9. The lowest BCUT2D eigenvalue weighted by Gasteiger charge is -2.21. The van der Waals surface area contributed by atoms with Crippen molar-refractivity contribution in [3.05, 3.63) is 106 Å². The smallest absolute Gasteiger partial charge is 0.269 e. The first-order valence-electron chi connectivity index (χ1n) is 13.9. The fraction of sp³-hybridized carbons (Fsp3) is 0.188. The maximum Gasteiger partial charge on any atom is 0.269 e. The average Bonchev–Trinajstić information content (AvgIpc) is 3.46. The highest BCUT2D eigenvalue weighted by atomic mass is 35.5. The second-order valence-electron chi connectivity index (χ2n) is 10.2. The molecule has 11 heteroatoms. The van der Waals surface area contributed by atoms with E-state index in [2.05, 4.69) is 36.8 Å². The minimum absolute atomic E-state index is 0.0871. The number of carbonyl (C=O) groups is 1. The number of amides is 1. The molecule has 0 aliphatic rings. The fourth-order valence-electron chi connectivity index (χ4n) is 5.46. The van der Waals surface area contributed by atoms with E-state index in [1.807, 2.05) is 51.1 Å². The minimum Gasteiger partial charge on any atom is -0.377 e. The third kappa shape index (κ3) is 4.99. The number of aryl methyl sites for hydroxylation is 2. The number of pyridine rings is 4. The topological polar surface area (TPSA) is 120 Å². The summed E-state index contributed by atoms with van der Waals surface area (Å²) in [4.78, 5) is 39.3. The molecule has 6 aromatic rings. The molecule has 0 radical (unpaired) electrons. The third-order valence-corrected chi connectivity index (χ3v) is 7.65. The molecule has 5 heterocycles. The van der Waals surface area contributed by atoms with Crippen LogP contribution < -0.4 is 16.2 Å². The van der Waals surface area contributed by atoms with Gasteiger partial charge in [0.05, 0.1) is 17.6 Å². The Morgan fingerprint density at radius 2 is 1.88 bits per heavy atom. The van der Waals surface area contributed by atoms with Crippen molar-refractivity contribution in [3.8, 4) is 17.1 Å². The van der Waals surface area contributed by atoms with E-state index in [1.165, 1.54) is 0 Å². The van der Waals surface area contributed by atoms with Crippen molar-refractivity contribution in [1.82, 2.24) is 34.6 Å². The number of halogens is 1. The van der Waals surface area contributed by atoms with Crippen LogP contribution in [0.4, 0.5) is 5.69 Å². The molecule has 0 aliphatic carbocycles. The summed E-state index contributed by atoms with van der Waals surface area (Å²) in [6.45, 7) is 6.46. The first kappa shape index (κ1) is 28.0. The van der Waals surface area contributed by atoms with Crippen LogP contribution in [-0.2, 0) is 6.54 Å². The summed E-state index contributed by atoms with van der Waals surface area (Å²) >= 11 is 6.31. The minimum atomic E-state index is -0.274. The summed E-state index contributed by atoms with van der Waals surface area (Å²) in [5.74, 6) is 0.356. The van der Waals surface area contributed by atoms with E-state index in [-0.39, 0.29) is 17.5 Å². The van der Waals surface area contributed by atoms with Crippen molar-refractivity contribution in [2.45, 2.75) is 33.4 Å². The molecule has 0 aliphatic heterocycles. The van der Waals surface area contributed by atoms with Crippen LogP contribution >= 0.6 is 11.6 Å². The van der Waals surface area contributed by atoms with Gasteiger partial charge in [0, 0.05) is 53.8 Å². The summed E-state index contributed by atoms with van der Waals surface area (Å²) in [6, 6.07) is 16.4. The highest BCUT2D eigenvalue weighted by Gasteiger charge is 2.22. The number of hydrogen-bond acceptors (Lipinski definition) is 7. The zero-order chi connectivity index (χ0) is 30.2. The third-order valence-electron chi connectivity index (χ3n) is 7.44. The normalized spacial score (nSPS) is 12.0. The number of nitrogens with zero attached hydrogens (tertiary/aromatic N) is 6.